The number of nitrogens with zero attached hydrogens (tertiary/aromatic N) is 2. The van der Waals surface area contributed by atoms with E-state index < -0.39 is 0 Å². The zero-order valence-electron chi connectivity index (χ0n) is 12.5. The largest absolute Gasteiger partial charge is 0.379 e. The predicted molar refractivity (Wildman–Crippen MR) is 81.4 cm³/mol. The van der Waals surface area contributed by atoms with Crippen LogP contribution in [0, 0.1) is 17.0 Å². The Morgan fingerprint density at radius 1 is 1.38 bits per heavy atom. The van der Waals surface area contributed by atoms with Gasteiger partial charge < -0.3 is 10.1 Å². The predicted octanol–water partition coefficient (Wildman–Crippen LogP) is 1.72. The number of hydrogen-bond donors (Lipinski definition) is 1. The van der Waals surface area contributed by atoms with Gasteiger partial charge in [-0.25, -0.2) is 0 Å². The van der Waals surface area contributed by atoms with Crippen LogP contribution < -0.4 is 5.32 Å². The summed E-state index contributed by atoms with van der Waals surface area (Å²) in [6, 6.07) is 5.41. The Kier molecular flexibility index (Phi) is 6.10. The van der Waals surface area contributed by atoms with E-state index in [1.165, 1.54) is 0 Å². The number of morpholine rings is 1. The number of benzene rings is 1. The van der Waals surface area contributed by atoms with E-state index in [-0.39, 0.29) is 10.6 Å². The summed E-state index contributed by atoms with van der Waals surface area (Å²) >= 11 is 0. The third-order valence-electron chi connectivity index (χ3n) is 3.73. The second kappa shape index (κ2) is 8.07. The monoisotopic (exact) mass is 293 g/mol. The SMILES string of the molecule is Cc1ccc(CNCCCN2CCOCC2)cc1[N+](=O)[O-]. The van der Waals surface area contributed by atoms with Crippen LogP contribution in [0.5, 0.6) is 0 Å². The van der Waals surface area contributed by atoms with Crippen molar-refractivity contribution in [3.8, 4) is 0 Å². The van der Waals surface area contributed by atoms with E-state index in [1.54, 1.807) is 13.0 Å². The maximum Gasteiger partial charge on any atom is 0.272 e. The molecule has 1 aromatic carbocycles. The van der Waals surface area contributed by atoms with E-state index in [1.807, 2.05) is 12.1 Å². The van der Waals surface area contributed by atoms with Crippen LogP contribution in [0.2, 0.25) is 0 Å². The smallest absolute Gasteiger partial charge is 0.272 e. The van der Waals surface area contributed by atoms with E-state index in [2.05, 4.69) is 10.2 Å². The standard InChI is InChI=1S/C15H23N3O3/c1-13-3-4-14(11-15(13)18(19)20)12-16-5-2-6-17-7-9-21-10-8-17/h3-4,11,16H,2,5-10,12H2,1H3. The van der Waals surface area contributed by atoms with E-state index >= 15 is 0 Å². The molecule has 0 aromatic heterocycles. The van der Waals surface area contributed by atoms with Crippen molar-refractivity contribution in [2.24, 2.45) is 0 Å². The average molecular weight is 293 g/mol. The summed E-state index contributed by atoms with van der Waals surface area (Å²) in [6.07, 6.45) is 1.08. The van der Waals surface area contributed by atoms with E-state index in [0.717, 1.165) is 51.4 Å². The van der Waals surface area contributed by atoms with Gasteiger partial charge in [-0.05, 0) is 32.0 Å². The Bertz CT molecular complexity index is 473. The summed E-state index contributed by atoms with van der Waals surface area (Å²) in [5.74, 6) is 0. The molecule has 1 fully saturated rings. The lowest BCUT2D eigenvalue weighted by molar-refractivity contribution is -0.385. The van der Waals surface area contributed by atoms with Gasteiger partial charge >= 0.3 is 0 Å². The topological polar surface area (TPSA) is 67.6 Å². The fourth-order valence-corrected chi connectivity index (χ4v) is 2.45. The fraction of sp³-hybridized carbons (Fsp3) is 0.600. The zero-order chi connectivity index (χ0) is 15.1. The quantitative estimate of drug-likeness (QED) is 0.471. The highest BCUT2D eigenvalue weighted by molar-refractivity contribution is 5.42. The van der Waals surface area contributed by atoms with Crippen LogP contribution in [-0.4, -0.2) is 49.2 Å². The van der Waals surface area contributed by atoms with Crippen molar-refractivity contribution in [1.82, 2.24) is 10.2 Å². The second-order valence-electron chi connectivity index (χ2n) is 5.36. The van der Waals surface area contributed by atoms with Crippen molar-refractivity contribution in [2.45, 2.75) is 19.9 Å². The Balaban J connectivity index is 1.68. The number of nitro groups is 1. The Morgan fingerprint density at radius 2 is 2.14 bits per heavy atom. The highest BCUT2D eigenvalue weighted by Crippen LogP contribution is 2.19. The lowest BCUT2D eigenvalue weighted by Gasteiger charge is -2.26. The van der Waals surface area contributed by atoms with Gasteiger partial charge in [0, 0.05) is 31.3 Å². The molecule has 6 heteroatoms. The summed E-state index contributed by atoms with van der Waals surface area (Å²) in [7, 11) is 0. The van der Waals surface area contributed by atoms with Crippen molar-refractivity contribution in [1.29, 1.82) is 0 Å². The maximum atomic E-state index is 10.9. The van der Waals surface area contributed by atoms with Crippen molar-refractivity contribution < 1.29 is 9.66 Å². The van der Waals surface area contributed by atoms with Crippen LogP contribution >= 0.6 is 0 Å². The molecule has 1 aromatic rings. The van der Waals surface area contributed by atoms with Crippen LogP contribution in [0.1, 0.15) is 17.5 Å². The number of rotatable bonds is 7. The first kappa shape index (κ1) is 15.9. The summed E-state index contributed by atoms with van der Waals surface area (Å²) in [4.78, 5) is 13.0. The molecule has 0 amide bonds. The third kappa shape index (κ3) is 5.08. The molecule has 21 heavy (non-hydrogen) atoms. The summed E-state index contributed by atoms with van der Waals surface area (Å²) in [6.45, 7) is 8.13. The van der Waals surface area contributed by atoms with Crippen molar-refractivity contribution >= 4 is 5.69 Å². The minimum Gasteiger partial charge on any atom is -0.379 e. The molecular formula is C15H23N3O3. The van der Waals surface area contributed by atoms with Crippen LogP contribution in [0.3, 0.4) is 0 Å². The van der Waals surface area contributed by atoms with Crippen LogP contribution in [0.4, 0.5) is 5.69 Å². The molecule has 1 saturated heterocycles. The lowest BCUT2D eigenvalue weighted by atomic mass is 10.1. The first-order valence-corrected chi connectivity index (χ1v) is 7.41. The Hall–Kier alpha value is -1.50. The Labute approximate surface area is 125 Å². The molecule has 0 unspecified atom stereocenters. The van der Waals surface area contributed by atoms with Gasteiger partial charge in [-0.2, -0.15) is 0 Å². The Morgan fingerprint density at radius 3 is 2.86 bits per heavy atom. The molecule has 1 aliphatic rings. The first-order valence-electron chi connectivity index (χ1n) is 7.41. The summed E-state index contributed by atoms with van der Waals surface area (Å²) in [5, 5.41) is 14.2. The molecular weight excluding hydrogens is 270 g/mol. The molecule has 1 aliphatic heterocycles. The van der Waals surface area contributed by atoms with Crippen molar-refractivity contribution in [3.05, 3.63) is 39.4 Å². The third-order valence-corrected chi connectivity index (χ3v) is 3.73. The minimum absolute atomic E-state index is 0.197. The van der Waals surface area contributed by atoms with Gasteiger partial charge in [0.1, 0.15) is 0 Å². The van der Waals surface area contributed by atoms with Crippen LogP contribution in [0.15, 0.2) is 18.2 Å². The molecule has 2 rings (SSSR count). The highest BCUT2D eigenvalue weighted by atomic mass is 16.6. The average Bonchev–Trinajstić information content (AvgIpc) is 2.49. The van der Waals surface area contributed by atoms with Crippen LogP contribution in [0.25, 0.3) is 0 Å². The molecule has 6 nitrogen and oxygen atoms in total. The summed E-state index contributed by atoms with van der Waals surface area (Å²) < 4.78 is 5.31. The molecule has 0 radical (unpaired) electrons. The molecule has 0 bridgehead atoms. The van der Waals surface area contributed by atoms with E-state index in [4.69, 9.17) is 4.74 Å². The van der Waals surface area contributed by atoms with Crippen LogP contribution in [-0.2, 0) is 11.3 Å². The first-order chi connectivity index (χ1) is 10.2. The molecule has 0 saturated carbocycles. The molecule has 0 aliphatic carbocycles. The number of aryl methyl sites for hydroxylation is 1. The van der Waals surface area contributed by atoms with Gasteiger partial charge in [0.2, 0.25) is 0 Å². The lowest BCUT2D eigenvalue weighted by Crippen LogP contribution is -2.37. The van der Waals surface area contributed by atoms with Gasteiger partial charge in [0.25, 0.3) is 5.69 Å². The fourth-order valence-electron chi connectivity index (χ4n) is 2.45. The van der Waals surface area contributed by atoms with Gasteiger partial charge in [-0.15, -0.1) is 0 Å². The molecule has 0 spiro atoms. The van der Waals surface area contributed by atoms with Gasteiger partial charge in [0.15, 0.2) is 0 Å². The molecule has 116 valence electrons. The highest BCUT2D eigenvalue weighted by Gasteiger charge is 2.11. The number of nitro benzene ring substituents is 1. The minimum atomic E-state index is -0.322. The maximum absolute atomic E-state index is 10.9. The van der Waals surface area contributed by atoms with E-state index in [9.17, 15) is 10.1 Å². The number of hydrogen-bond acceptors (Lipinski definition) is 5. The summed E-state index contributed by atoms with van der Waals surface area (Å²) in [5.41, 5.74) is 1.86. The second-order valence-corrected chi connectivity index (χ2v) is 5.36. The van der Waals surface area contributed by atoms with E-state index in [0.29, 0.717) is 12.1 Å². The molecule has 1 heterocycles. The van der Waals surface area contributed by atoms with Gasteiger partial charge in [-0.3, -0.25) is 15.0 Å². The van der Waals surface area contributed by atoms with Gasteiger partial charge in [-0.1, -0.05) is 12.1 Å². The van der Waals surface area contributed by atoms with Gasteiger partial charge in [0.05, 0.1) is 18.1 Å². The van der Waals surface area contributed by atoms with Crippen molar-refractivity contribution in [2.75, 3.05) is 39.4 Å². The normalized spacial score (nSPS) is 16.0. The molecule has 1 N–H and O–H groups in total. The van der Waals surface area contributed by atoms with Crippen molar-refractivity contribution in [3.63, 3.8) is 0 Å². The zero-order valence-corrected chi connectivity index (χ0v) is 12.5. The molecule has 0 atom stereocenters. The number of ether oxygens (including phenoxy) is 1. The number of nitrogens with one attached hydrogen (secondary N) is 1.